The summed E-state index contributed by atoms with van der Waals surface area (Å²) in [6, 6.07) is 22.2. The van der Waals surface area contributed by atoms with Crippen molar-refractivity contribution in [2.45, 2.75) is 0 Å². The van der Waals surface area contributed by atoms with Crippen LogP contribution in [0.3, 0.4) is 0 Å². The lowest BCUT2D eigenvalue weighted by Gasteiger charge is -2.04. The lowest BCUT2D eigenvalue weighted by molar-refractivity contribution is 1.33. The maximum Gasteiger partial charge on any atom is 0.0701 e. The van der Waals surface area contributed by atoms with Crippen LogP contribution in [-0.4, -0.2) is 4.98 Å². The maximum atomic E-state index is 5.90. The van der Waals surface area contributed by atoms with Crippen LogP contribution in [0, 0.1) is 0 Å². The van der Waals surface area contributed by atoms with Crippen LogP contribution in [0.2, 0.25) is 5.02 Å². The Kier molecular flexibility index (Phi) is 3.30. The van der Waals surface area contributed by atoms with E-state index in [2.05, 4.69) is 29.2 Å². The second-order valence-corrected chi connectivity index (χ2v) is 4.74. The highest BCUT2D eigenvalue weighted by Crippen LogP contribution is 2.24. The van der Waals surface area contributed by atoms with E-state index in [1.54, 1.807) is 0 Å². The third-order valence-electron chi connectivity index (χ3n) is 3.02. The Morgan fingerprint density at radius 2 is 1.21 bits per heavy atom. The van der Waals surface area contributed by atoms with E-state index in [0.717, 1.165) is 21.8 Å². The standard InChI is InChI=1S/C17H12ClN/c18-16-10-8-14(9-11-16)13-4-6-15(7-5-13)17-3-1-2-12-19-17/h1-12H. The van der Waals surface area contributed by atoms with Crippen LogP contribution in [0.15, 0.2) is 72.9 Å². The zero-order valence-corrected chi connectivity index (χ0v) is 11.0. The summed E-state index contributed by atoms with van der Waals surface area (Å²) in [5.74, 6) is 0. The Balaban J connectivity index is 1.93. The zero-order chi connectivity index (χ0) is 13.1. The van der Waals surface area contributed by atoms with E-state index in [1.807, 2.05) is 48.7 Å². The maximum absolute atomic E-state index is 5.90. The highest BCUT2D eigenvalue weighted by molar-refractivity contribution is 6.30. The Morgan fingerprint density at radius 3 is 1.79 bits per heavy atom. The number of hydrogen-bond acceptors (Lipinski definition) is 1. The van der Waals surface area contributed by atoms with E-state index in [4.69, 9.17) is 11.6 Å². The minimum Gasteiger partial charge on any atom is -0.256 e. The Morgan fingerprint density at radius 1 is 0.632 bits per heavy atom. The highest BCUT2D eigenvalue weighted by atomic mass is 35.5. The third kappa shape index (κ3) is 2.67. The SMILES string of the molecule is Clc1ccc(-c2ccc(-c3ccccn3)cc2)cc1. The van der Waals surface area contributed by atoms with E-state index < -0.39 is 0 Å². The van der Waals surface area contributed by atoms with Crippen LogP contribution in [0.4, 0.5) is 0 Å². The summed E-state index contributed by atoms with van der Waals surface area (Å²) < 4.78 is 0. The normalized spacial score (nSPS) is 10.4. The van der Waals surface area contributed by atoms with E-state index in [-0.39, 0.29) is 0 Å². The minimum atomic E-state index is 0.758. The van der Waals surface area contributed by atoms with Gasteiger partial charge in [0.25, 0.3) is 0 Å². The predicted octanol–water partition coefficient (Wildman–Crippen LogP) is 5.07. The van der Waals surface area contributed by atoms with Gasteiger partial charge in [-0.2, -0.15) is 0 Å². The van der Waals surface area contributed by atoms with Gasteiger partial charge < -0.3 is 0 Å². The molecule has 0 amide bonds. The third-order valence-corrected chi connectivity index (χ3v) is 3.28. The van der Waals surface area contributed by atoms with Crippen molar-refractivity contribution in [2.75, 3.05) is 0 Å². The van der Waals surface area contributed by atoms with Crippen molar-refractivity contribution in [1.29, 1.82) is 0 Å². The topological polar surface area (TPSA) is 12.9 Å². The van der Waals surface area contributed by atoms with E-state index in [9.17, 15) is 0 Å². The van der Waals surface area contributed by atoms with Crippen molar-refractivity contribution in [1.82, 2.24) is 4.98 Å². The van der Waals surface area contributed by atoms with E-state index >= 15 is 0 Å². The fourth-order valence-electron chi connectivity index (χ4n) is 2.01. The summed E-state index contributed by atoms with van der Waals surface area (Å²) in [7, 11) is 0. The number of halogens is 1. The molecule has 0 N–H and O–H groups in total. The van der Waals surface area contributed by atoms with Crippen LogP contribution in [0.5, 0.6) is 0 Å². The number of pyridine rings is 1. The molecule has 0 aliphatic carbocycles. The lowest BCUT2D eigenvalue weighted by Crippen LogP contribution is -1.82. The molecular formula is C17H12ClN. The van der Waals surface area contributed by atoms with Crippen LogP contribution >= 0.6 is 11.6 Å². The Labute approximate surface area is 117 Å². The number of nitrogens with zero attached hydrogens (tertiary/aromatic N) is 1. The molecule has 0 aliphatic rings. The van der Waals surface area contributed by atoms with Gasteiger partial charge in [0.1, 0.15) is 0 Å². The van der Waals surface area contributed by atoms with Crippen LogP contribution in [0.1, 0.15) is 0 Å². The van der Waals surface area contributed by atoms with Crippen LogP contribution in [0.25, 0.3) is 22.4 Å². The van der Waals surface area contributed by atoms with E-state index in [0.29, 0.717) is 0 Å². The van der Waals surface area contributed by atoms with E-state index in [1.165, 1.54) is 5.56 Å². The molecule has 2 aromatic carbocycles. The van der Waals surface area contributed by atoms with Crippen LogP contribution < -0.4 is 0 Å². The first-order chi connectivity index (χ1) is 9.33. The molecule has 0 atom stereocenters. The summed E-state index contributed by atoms with van der Waals surface area (Å²) in [6.07, 6.45) is 1.81. The monoisotopic (exact) mass is 265 g/mol. The summed E-state index contributed by atoms with van der Waals surface area (Å²) in [4.78, 5) is 4.35. The quantitative estimate of drug-likeness (QED) is 0.630. The summed E-state index contributed by atoms with van der Waals surface area (Å²) >= 11 is 5.90. The minimum absolute atomic E-state index is 0.758. The molecule has 1 aromatic heterocycles. The van der Waals surface area contributed by atoms with Crippen molar-refractivity contribution >= 4 is 11.6 Å². The summed E-state index contributed by atoms with van der Waals surface area (Å²) in [5, 5.41) is 0.758. The first-order valence-electron chi connectivity index (χ1n) is 6.10. The summed E-state index contributed by atoms with van der Waals surface area (Å²) in [5.41, 5.74) is 4.46. The smallest absolute Gasteiger partial charge is 0.0701 e. The molecule has 1 heterocycles. The Bertz CT molecular complexity index is 658. The molecule has 0 fully saturated rings. The average molecular weight is 266 g/mol. The van der Waals surface area contributed by atoms with Crippen molar-refractivity contribution in [3.8, 4) is 22.4 Å². The second-order valence-electron chi connectivity index (χ2n) is 4.30. The highest BCUT2D eigenvalue weighted by Gasteiger charge is 2.00. The molecule has 0 saturated carbocycles. The molecule has 0 spiro atoms. The molecule has 0 unspecified atom stereocenters. The van der Waals surface area contributed by atoms with Gasteiger partial charge in [-0.3, -0.25) is 4.98 Å². The molecule has 92 valence electrons. The molecule has 0 saturated heterocycles. The molecule has 3 aromatic rings. The van der Waals surface area contributed by atoms with Gasteiger partial charge in [0.15, 0.2) is 0 Å². The molecule has 3 rings (SSSR count). The summed E-state index contributed by atoms with van der Waals surface area (Å²) in [6.45, 7) is 0. The number of benzene rings is 2. The first-order valence-corrected chi connectivity index (χ1v) is 6.48. The van der Waals surface area contributed by atoms with Crippen molar-refractivity contribution in [2.24, 2.45) is 0 Å². The van der Waals surface area contributed by atoms with Gasteiger partial charge in [0.2, 0.25) is 0 Å². The molecule has 0 aliphatic heterocycles. The van der Waals surface area contributed by atoms with Gasteiger partial charge in [0, 0.05) is 16.8 Å². The fraction of sp³-hybridized carbons (Fsp3) is 0. The molecule has 0 bridgehead atoms. The molecule has 0 radical (unpaired) electrons. The van der Waals surface area contributed by atoms with Gasteiger partial charge in [0.05, 0.1) is 5.69 Å². The van der Waals surface area contributed by atoms with Gasteiger partial charge in [-0.1, -0.05) is 54.1 Å². The van der Waals surface area contributed by atoms with Crippen LogP contribution in [-0.2, 0) is 0 Å². The number of rotatable bonds is 2. The van der Waals surface area contributed by atoms with Crippen molar-refractivity contribution in [3.63, 3.8) is 0 Å². The van der Waals surface area contributed by atoms with Gasteiger partial charge in [-0.15, -0.1) is 0 Å². The average Bonchev–Trinajstić information content (AvgIpc) is 2.49. The van der Waals surface area contributed by atoms with Crippen molar-refractivity contribution in [3.05, 3.63) is 77.9 Å². The largest absolute Gasteiger partial charge is 0.256 e. The Hall–Kier alpha value is -2.12. The molecule has 19 heavy (non-hydrogen) atoms. The van der Waals surface area contributed by atoms with Gasteiger partial charge in [-0.25, -0.2) is 0 Å². The van der Waals surface area contributed by atoms with Crippen molar-refractivity contribution < 1.29 is 0 Å². The molecule has 1 nitrogen and oxygen atoms in total. The lowest BCUT2D eigenvalue weighted by atomic mass is 10.0. The van der Waals surface area contributed by atoms with Gasteiger partial charge in [-0.05, 0) is 35.4 Å². The first kappa shape index (κ1) is 11.9. The molecule has 2 heteroatoms. The predicted molar refractivity (Wildman–Crippen MR) is 80.1 cm³/mol. The fourth-order valence-corrected chi connectivity index (χ4v) is 2.14. The number of hydrogen-bond donors (Lipinski definition) is 0. The van der Waals surface area contributed by atoms with Gasteiger partial charge >= 0.3 is 0 Å². The number of aromatic nitrogens is 1. The zero-order valence-electron chi connectivity index (χ0n) is 10.3. The second kappa shape index (κ2) is 5.25. The molecular weight excluding hydrogens is 254 g/mol.